The zero-order chi connectivity index (χ0) is 23.2. The zero-order valence-corrected chi connectivity index (χ0v) is 18.5. The number of fused-ring (bicyclic) bond motifs is 4. The highest BCUT2D eigenvalue weighted by atomic mass is 19.1. The van der Waals surface area contributed by atoms with E-state index in [1.54, 1.807) is 18.2 Å². The van der Waals surface area contributed by atoms with E-state index >= 15 is 0 Å². The highest BCUT2D eigenvalue weighted by molar-refractivity contribution is 6.05. The Morgan fingerprint density at radius 1 is 0.912 bits per heavy atom. The summed E-state index contributed by atoms with van der Waals surface area (Å²) in [7, 11) is 0. The van der Waals surface area contributed by atoms with Gasteiger partial charge in [-0.05, 0) is 47.4 Å². The van der Waals surface area contributed by atoms with Crippen molar-refractivity contribution in [2.45, 2.75) is 26.1 Å². The van der Waals surface area contributed by atoms with Crippen LogP contribution in [0.25, 0.3) is 21.8 Å². The monoisotopic (exact) mass is 454 g/mol. The van der Waals surface area contributed by atoms with Gasteiger partial charge in [-0.2, -0.15) is 4.73 Å². The summed E-state index contributed by atoms with van der Waals surface area (Å²) >= 11 is 0. The Hall–Kier alpha value is -3.97. The van der Waals surface area contributed by atoms with Gasteiger partial charge in [0.25, 0.3) is 0 Å². The van der Waals surface area contributed by atoms with Crippen LogP contribution in [0.5, 0.6) is 0 Å². The number of pyridine rings is 2. The largest absolute Gasteiger partial charge is 0.425 e. The summed E-state index contributed by atoms with van der Waals surface area (Å²) < 4.78 is 16.1. The van der Waals surface area contributed by atoms with Crippen LogP contribution in [0, 0.1) is 5.82 Å². The summed E-state index contributed by atoms with van der Waals surface area (Å²) in [5.74, 6) is -0.264. The van der Waals surface area contributed by atoms with Gasteiger partial charge >= 0.3 is 5.56 Å². The van der Waals surface area contributed by atoms with Crippen LogP contribution in [-0.2, 0) is 26.1 Å². The standard InChI is InChI=1S/C27H23FN4O2/c28-21-7-5-18(6-8-21)15-31-13-10-23-22-11-14-32(34)27(33)25(22)29-24(26(23)31)17-30-12-9-19-3-1-2-4-20(19)16-30/h1-8,10-11,13-14,34H,9,12,15-17H2. The lowest BCUT2D eigenvalue weighted by Crippen LogP contribution is -2.30. The third kappa shape index (κ3) is 3.54. The van der Waals surface area contributed by atoms with Crippen LogP contribution in [0.4, 0.5) is 4.39 Å². The summed E-state index contributed by atoms with van der Waals surface area (Å²) in [5, 5.41) is 11.6. The van der Waals surface area contributed by atoms with Crippen molar-refractivity contribution < 1.29 is 9.60 Å². The van der Waals surface area contributed by atoms with Crippen molar-refractivity contribution in [1.82, 2.24) is 19.2 Å². The number of hydrogen-bond donors (Lipinski definition) is 1. The second-order valence-corrected chi connectivity index (χ2v) is 8.85. The molecule has 0 radical (unpaired) electrons. The van der Waals surface area contributed by atoms with Crippen LogP contribution in [0.1, 0.15) is 22.4 Å². The number of hydrogen-bond acceptors (Lipinski definition) is 4. The summed E-state index contributed by atoms with van der Waals surface area (Å²) in [6, 6.07) is 18.7. The second-order valence-electron chi connectivity index (χ2n) is 8.85. The van der Waals surface area contributed by atoms with Crippen LogP contribution >= 0.6 is 0 Å². The second kappa shape index (κ2) is 8.11. The van der Waals surface area contributed by atoms with Crippen LogP contribution in [0.15, 0.2) is 77.9 Å². The van der Waals surface area contributed by atoms with E-state index < -0.39 is 5.56 Å². The maximum absolute atomic E-state index is 13.4. The van der Waals surface area contributed by atoms with Crippen molar-refractivity contribution in [3.63, 3.8) is 0 Å². The van der Waals surface area contributed by atoms with E-state index in [2.05, 4.69) is 33.7 Å². The van der Waals surface area contributed by atoms with E-state index in [4.69, 9.17) is 4.98 Å². The number of halogens is 1. The van der Waals surface area contributed by atoms with Crippen molar-refractivity contribution in [1.29, 1.82) is 0 Å². The Morgan fingerprint density at radius 3 is 2.50 bits per heavy atom. The van der Waals surface area contributed by atoms with E-state index in [1.165, 1.54) is 29.5 Å². The highest BCUT2D eigenvalue weighted by Gasteiger charge is 2.21. The lowest BCUT2D eigenvalue weighted by atomic mass is 9.99. The molecule has 0 bridgehead atoms. The molecule has 0 fully saturated rings. The molecular weight excluding hydrogens is 431 g/mol. The minimum Gasteiger partial charge on any atom is -0.425 e. The van der Waals surface area contributed by atoms with Gasteiger partial charge < -0.3 is 9.77 Å². The van der Waals surface area contributed by atoms with Gasteiger partial charge in [0, 0.05) is 49.3 Å². The molecule has 5 aromatic rings. The van der Waals surface area contributed by atoms with Gasteiger partial charge in [0.15, 0.2) is 0 Å². The third-order valence-electron chi connectivity index (χ3n) is 6.67. The molecule has 0 aliphatic carbocycles. The first kappa shape index (κ1) is 20.6. The Morgan fingerprint density at radius 2 is 1.68 bits per heavy atom. The van der Waals surface area contributed by atoms with Crippen molar-refractivity contribution >= 4 is 21.8 Å². The van der Waals surface area contributed by atoms with Crippen LogP contribution < -0.4 is 5.56 Å². The Bertz CT molecular complexity index is 1590. The molecule has 7 heteroatoms. The van der Waals surface area contributed by atoms with Gasteiger partial charge in [-0.15, -0.1) is 0 Å². The van der Waals surface area contributed by atoms with Crippen molar-refractivity contribution in [3.8, 4) is 0 Å². The fourth-order valence-corrected chi connectivity index (χ4v) is 4.97. The van der Waals surface area contributed by atoms with Gasteiger partial charge in [0.05, 0.1) is 11.2 Å². The predicted octanol–water partition coefficient (Wildman–Crippen LogP) is 4.33. The van der Waals surface area contributed by atoms with Crippen LogP contribution in [-0.4, -0.2) is 30.9 Å². The molecule has 4 heterocycles. The van der Waals surface area contributed by atoms with E-state index in [9.17, 15) is 14.4 Å². The third-order valence-corrected chi connectivity index (χ3v) is 6.67. The van der Waals surface area contributed by atoms with Crippen LogP contribution in [0.2, 0.25) is 0 Å². The van der Waals surface area contributed by atoms with Gasteiger partial charge in [-0.3, -0.25) is 9.69 Å². The maximum atomic E-state index is 13.4. The predicted molar refractivity (Wildman–Crippen MR) is 128 cm³/mol. The SMILES string of the molecule is O=c1c2nc(CN3CCc4ccccc4C3)c3c(ccn3Cc3ccc(F)cc3)c2ccn1O. The molecule has 1 aliphatic heterocycles. The Balaban J connectivity index is 1.47. The van der Waals surface area contributed by atoms with Gasteiger partial charge in [-0.1, -0.05) is 36.4 Å². The average Bonchev–Trinajstić information content (AvgIpc) is 3.27. The van der Waals surface area contributed by atoms with E-state index in [0.29, 0.717) is 23.2 Å². The molecule has 2 aromatic carbocycles. The lowest BCUT2D eigenvalue weighted by Gasteiger charge is -2.28. The molecule has 1 aliphatic rings. The van der Waals surface area contributed by atoms with Gasteiger partial charge in [-0.25, -0.2) is 9.37 Å². The Labute approximate surface area is 195 Å². The summed E-state index contributed by atoms with van der Waals surface area (Å²) in [4.78, 5) is 19.8. The minimum atomic E-state index is -0.532. The summed E-state index contributed by atoms with van der Waals surface area (Å²) in [5.41, 5.74) is 5.12. The molecule has 3 aromatic heterocycles. The first-order chi connectivity index (χ1) is 16.6. The summed E-state index contributed by atoms with van der Waals surface area (Å²) in [6.45, 7) is 2.85. The molecular formula is C27H23FN4O2. The topological polar surface area (TPSA) is 63.3 Å². The molecule has 0 saturated heterocycles. The smallest absolute Gasteiger partial charge is 0.309 e. The van der Waals surface area contributed by atoms with Crippen molar-refractivity contribution in [3.05, 3.63) is 112 Å². The summed E-state index contributed by atoms with van der Waals surface area (Å²) in [6.07, 6.45) is 4.30. The van der Waals surface area contributed by atoms with E-state index in [1.807, 2.05) is 12.3 Å². The number of rotatable bonds is 4. The zero-order valence-electron chi connectivity index (χ0n) is 18.5. The fraction of sp³-hybridized carbons (Fsp3) is 0.185. The Kier molecular flexibility index (Phi) is 4.92. The van der Waals surface area contributed by atoms with E-state index in [0.717, 1.165) is 41.7 Å². The molecule has 6 nitrogen and oxygen atoms in total. The number of nitrogens with zero attached hydrogens (tertiary/aromatic N) is 4. The van der Waals surface area contributed by atoms with Crippen molar-refractivity contribution in [2.75, 3.05) is 6.54 Å². The molecule has 170 valence electrons. The maximum Gasteiger partial charge on any atom is 0.309 e. The number of benzene rings is 2. The van der Waals surface area contributed by atoms with E-state index in [-0.39, 0.29) is 11.3 Å². The quantitative estimate of drug-likeness (QED) is 0.411. The van der Waals surface area contributed by atoms with Gasteiger partial charge in [0.1, 0.15) is 11.3 Å². The molecule has 6 rings (SSSR count). The average molecular weight is 455 g/mol. The van der Waals surface area contributed by atoms with Crippen molar-refractivity contribution in [2.24, 2.45) is 0 Å². The molecule has 0 atom stereocenters. The molecule has 0 unspecified atom stereocenters. The first-order valence-electron chi connectivity index (χ1n) is 11.3. The highest BCUT2D eigenvalue weighted by Crippen LogP contribution is 2.29. The molecule has 0 saturated carbocycles. The van der Waals surface area contributed by atoms with Gasteiger partial charge in [0.2, 0.25) is 0 Å². The molecule has 0 spiro atoms. The first-order valence-corrected chi connectivity index (χ1v) is 11.3. The lowest BCUT2D eigenvalue weighted by molar-refractivity contribution is 0.176. The molecule has 1 N–H and O–H groups in total. The van der Waals surface area contributed by atoms with Crippen LogP contribution in [0.3, 0.4) is 0 Å². The molecule has 0 amide bonds. The molecule has 34 heavy (non-hydrogen) atoms. The normalized spacial score (nSPS) is 14.0. The fourth-order valence-electron chi connectivity index (χ4n) is 4.97. The minimum absolute atomic E-state index is 0.254. The number of aromatic nitrogens is 3.